The zero-order valence-corrected chi connectivity index (χ0v) is 13.4. The van der Waals surface area contributed by atoms with Gasteiger partial charge in [-0.15, -0.1) is 0 Å². The molecule has 1 aromatic carbocycles. The highest BCUT2D eigenvalue weighted by atomic mass is 16.1. The molecule has 3 rings (SSSR count). The highest BCUT2D eigenvalue weighted by Gasteiger charge is 2.19. The summed E-state index contributed by atoms with van der Waals surface area (Å²) in [5.74, 6) is -0.0993. The SMILES string of the molecule is CCCCCc1ccc2c(n1)C(c1ccccc1)=NCC(=O)N2. The number of benzene rings is 1. The molecule has 1 aromatic heterocycles. The smallest absolute Gasteiger partial charge is 0.246 e. The van der Waals surface area contributed by atoms with Gasteiger partial charge in [-0.3, -0.25) is 9.79 Å². The molecule has 0 saturated carbocycles. The van der Waals surface area contributed by atoms with Gasteiger partial charge >= 0.3 is 0 Å². The molecule has 0 saturated heterocycles. The summed E-state index contributed by atoms with van der Waals surface area (Å²) in [4.78, 5) is 21.2. The van der Waals surface area contributed by atoms with Crippen molar-refractivity contribution in [1.82, 2.24) is 4.98 Å². The third kappa shape index (κ3) is 3.65. The number of aryl methyl sites for hydroxylation is 1. The van der Waals surface area contributed by atoms with E-state index in [0.717, 1.165) is 41.2 Å². The monoisotopic (exact) mass is 307 g/mol. The fourth-order valence-corrected chi connectivity index (χ4v) is 2.72. The maximum Gasteiger partial charge on any atom is 0.246 e. The number of hydrogen-bond acceptors (Lipinski definition) is 3. The van der Waals surface area contributed by atoms with Gasteiger partial charge in [-0.2, -0.15) is 0 Å². The van der Waals surface area contributed by atoms with E-state index < -0.39 is 0 Å². The van der Waals surface area contributed by atoms with Gasteiger partial charge in [-0.05, 0) is 25.0 Å². The van der Waals surface area contributed by atoms with E-state index in [1.54, 1.807) is 0 Å². The van der Waals surface area contributed by atoms with Crippen molar-refractivity contribution in [2.45, 2.75) is 32.6 Å². The van der Waals surface area contributed by atoms with E-state index in [-0.39, 0.29) is 12.5 Å². The van der Waals surface area contributed by atoms with Crippen LogP contribution < -0.4 is 5.32 Å². The Hall–Kier alpha value is -2.49. The molecule has 0 spiro atoms. The van der Waals surface area contributed by atoms with Crippen LogP contribution in [0.4, 0.5) is 5.69 Å². The van der Waals surface area contributed by atoms with Gasteiger partial charge in [-0.1, -0.05) is 50.1 Å². The molecule has 1 aliphatic rings. The van der Waals surface area contributed by atoms with Gasteiger partial charge < -0.3 is 5.32 Å². The second kappa shape index (κ2) is 7.18. The lowest BCUT2D eigenvalue weighted by atomic mass is 10.0. The summed E-state index contributed by atoms with van der Waals surface area (Å²) in [5.41, 5.74) is 4.35. The number of unbranched alkanes of at least 4 members (excludes halogenated alkanes) is 2. The minimum absolute atomic E-state index is 0.0993. The molecule has 2 aromatic rings. The Labute approximate surface area is 136 Å². The van der Waals surface area contributed by atoms with Crippen molar-refractivity contribution >= 4 is 17.3 Å². The number of nitrogens with zero attached hydrogens (tertiary/aromatic N) is 2. The predicted molar refractivity (Wildman–Crippen MR) is 93.0 cm³/mol. The molecule has 1 aliphatic heterocycles. The summed E-state index contributed by atoms with van der Waals surface area (Å²) in [6, 6.07) is 13.9. The molecule has 0 fully saturated rings. The van der Waals surface area contributed by atoms with Crippen LogP contribution in [0.15, 0.2) is 47.5 Å². The highest BCUT2D eigenvalue weighted by Crippen LogP contribution is 2.22. The summed E-state index contributed by atoms with van der Waals surface area (Å²) in [6.45, 7) is 2.33. The fourth-order valence-electron chi connectivity index (χ4n) is 2.72. The van der Waals surface area contributed by atoms with E-state index >= 15 is 0 Å². The topological polar surface area (TPSA) is 54.4 Å². The maximum atomic E-state index is 11.9. The number of pyridine rings is 1. The number of hydrogen-bond donors (Lipinski definition) is 1. The number of carbonyl (C=O) groups excluding carboxylic acids is 1. The standard InChI is InChI=1S/C19H21N3O/c1-2-3-5-10-15-11-12-16-19(21-15)18(20-13-17(23)22-16)14-8-6-4-7-9-14/h4,6-9,11-12H,2-3,5,10,13H2,1H3,(H,22,23). The molecule has 2 heterocycles. The molecule has 0 bridgehead atoms. The molecule has 0 atom stereocenters. The van der Waals surface area contributed by atoms with Gasteiger partial charge in [0.1, 0.15) is 12.2 Å². The minimum Gasteiger partial charge on any atom is -0.323 e. The third-order valence-corrected chi connectivity index (χ3v) is 3.92. The van der Waals surface area contributed by atoms with Gasteiger partial charge in [0.2, 0.25) is 5.91 Å². The molecule has 0 radical (unpaired) electrons. The molecule has 4 heteroatoms. The van der Waals surface area contributed by atoms with Crippen molar-refractivity contribution in [3.63, 3.8) is 0 Å². The Morgan fingerprint density at radius 2 is 1.91 bits per heavy atom. The molecular formula is C19H21N3O. The Balaban J connectivity index is 1.99. The van der Waals surface area contributed by atoms with Crippen LogP contribution in [0.25, 0.3) is 0 Å². The number of anilines is 1. The van der Waals surface area contributed by atoms with Gasteiger partial charge in [0, 0.05) is 11.3 Å². The van der Waals surface area contributed by atoms with Crippen LogP contribution in [0.2, 0.25) is 0 Å². The van der Waals surface area contributed by atoms with Crippen LogP contribution in [0.5, 0.6) is 0 Å². The molecule has 1 amide bonds. The number of rotatable bonds is 5. The van der Waals surface area contributed by atoms with Crippen molar-refractivity contribution in [3.8, 4) is 0 Å². The quantitative estimate of drug-likeness (QED) is 0.858. The first-order valence-corrected chi connectivity index (χ1v) is 8.18. The zero-order chi connectivity index (χ0) is 16.1. The summed E-state index contributed by atoms with van der Waals surface area (Å²) < 4.78 is 0. The van der Waals surface area contributed by atoms with E-state index in [1.807, 2.05) is 42.5 Å². The van der Waals surface area contributed by atoms with Crippen molar-refractivity contribution < 1.29 is 4.79 Å². The Morgan fingerprint density at radius 3 is 2.70 bits per heavy atom. The average molecular weight is 307 g/mol. The van der Waals surface area contributed by atoms with Crippen LogP contribution in [-0.4, -0.2) is 23.1 Å². The molecule has 23 heavy (non-hydrogen) atoms. The fraction of sp³-hybridized carbons (Fsp3) is 0.316. The van der Waals surface area contributed by atoms with Gasteiger partial charge in [0.05, 0.1) is 11.4 Å². The lowest BCUT2D eigenvalue weighted by molar-refractivity contribution is -0.114. The molecule has 0 aliphatic carbocycles. The first-order chi connectivity index (χ1) is 11.3. The van der Waals surface area contributed by atoms with Crippen LogP contribution >= 0.6 is 0 Å². The normalized spacial score (nSPS) is 13.8. The Kier molecular flexibility index (Phi) is 4.81. The van der Waals surface area contributed by atoms with E-state index in [9.17, 15) is 4.79 Å². The van der Waals surface area contributed by atoms with Crippen molar-refractivity contribution in [1.29, 1.82) is 0 Å². The first kappa shape index (κ1) is 15.4. The molecule has 4 nitrogen and oxygen atoms in total. The van der Waals surface area contributed by atoms with E-state index in [0.29, 0.717) is 0 Å². The van der Waals surface area contributed by atoms with Crippen molar-refractivity contribution in [2.24, 2.45) is 4.99 Å². The lowest BCUT2D eigenvalue weighted by Gasteiger charge is -2.11. The summed E-state index contributed by atoms with van der Waals surface area (Å²) in [6.07, 6.45) is 4.48. The Bertz CT molecular complexity index is 723. The molecular weight excluding hydrogens is 286 g/mol. The predicted octanol–water partition coefficient (Wildman–Crippen LogP) is 3.60. The minimum atomic E-state index is -0.0993. The van der Waals surface area contributed by atoms with Gasteiger partial charge in [0.15, 0.2) is 0 Å². The van der Waals surface area contributed by atoms with Crippen LogP contribution in [0, 0.1) is 0 Å². The molecule has 0 unspecified atom stereocenters. The number of nitrogens with one attached hydrogen (secondary N) is 1. The number of carbonyl (C=O) groups is 1. The van der Waals surface area contributed by atoms with E-state index in [2.05, 4.69) is 17.2 Å². The molecule has 1 N–H and O–H groups in total. The van der Waals surface area contributed by atoms with Crippen LogP contribution in [-0.2, 0) is 11.2 Å². The number of aromatic nitrogens is 1. The number of fused-ring (bicyclic) bond motifs is 1. The summed E-state index contributed by atoms with van der Waals surface area (Å²) >= 11 is 0. The number of amides is 1. The summed E-state index contributed by atoms with van der Waals surface area (Å²) in [5, 5.41) is 2.90. The van der Waals surface area contributed by atoms with Gasteiger partial charge in [-0.25, -0.2) is 4.98 Å². The second-order valence-electron chi connectivity index (χ2n) is 5.73. The van der Waals surface area contributed by atoms with Crippen molar-refractivity contribution in [3.05, 3.63) is 59.4 Å². The third-order valence-electron chi connectivity index (χ3n) is 3.92. The Morgan fingerprint density at radius 1 is 1.09 bits per heavy atom. The van der Waals surface area contributed by atoms with E-state index in [1.165, 1.54) is 12.8 Å². The number of aliphatic imine (C=N–C) groups is 1. The lowest BCUT2D eigenvalue weighted by Crippen LogP contribution is -2.14. The van der Waals surface area contributed by atoms with Crippen LogP contribution in [0.3, 0.4) is 0 Å². The first-order valence-electron chi connectivity index (χ1n) is 8.18. The summed E-state index contributed by atoms with van der Waals surface area (Å²) in [7, 11) is 0. The second-order valence-corrected chi connectivity index (χ2v) is 5.73. The van der Waals surface area contributed by atoms with Crippen LogP contribution in [0.1, 0.15) is 43.1 Å². The molecule has 118 valence electrons. The van der Waals surface area contributed by atoms with Gasteiger partial charge in [0.25, 0.3) is 0 Å². The zero-order valence-electron chi connectivity index (χ0n) is 13.4. The van der Waals surface area contributed by atoms with Crippen molar-refractivity contribution in [2.75, 3.05) is 11.9 Å². The highest BCUT2D eigenvalue weighted by molar-refractivity contribution is 6.17. The average Bonchev–Trinajstić information content (AvgIpc) is 2.74. The largest absolute Gasteiger partial charge is 0.323 e. The maximum absolute atomic E-state index is 11.9. The van der Waals surface area contributed by atoms with E-state index in [4.69, 9.17) is 4.98 Å².